The summed E-state index contributed by atoms with van der Waals surface area (Å²) in [5, 5.41) is 0. The number of aromatic nitrogens is 2. The van der Waals surface area contributed by atoms with E-state index in [4.69, 9.17) is 4.74 Å². The Morgan fingerprint density at radius 1 is 1.35 bits per heavy atom. The molecule has 1 rings (SSSR count). The fourth-order valence-corrected chi connectivity index (χ4v) is 2.61. The Hall–Kier alpha value is -1.10. The van der Waals surface area contributed by atoms with E-state index >= 15 is 0 Å². The van der Waals surface area contributed by atoms with E-state index in [1.54, 1.807) is 13.1 Å². The predicted molar refractivity (Wildman–Crippen MR) is 83.1 cm³/mol. The van der Waals surface area contributed by atoms with E-state index in [1.807, 2.05) is 25.6 Å². The maximum Gasteiger partial charge on any atom is 0.341 e. The lowest BCUT2D eigenvalue weighted by Gasteiger charge is -2.12. The zero-order chi connectivity index (χ0) is 15.1. The van der Waals surface area contributed by atoms with Crippen molar-refractivity contribution >= 4 is 17.7 Å². The minimum atomic E-state index is -0.336. The third kappa shape index (κ3) is 5.12. The highest BCUT2D eigenvalue weighted by Gasteiger charge is 2.18. The Labute approximate surface area is 125 Å². The van der Waals surface area contributed by atoms with E-state index < -0.39 is 0 Å². The van der Waals surface area contributed by atoms with E-state index in [9.17, 15) is 4.79 Å². The molecule has 0 aliphatic carbocycles. The van der Waals surface area contributed by atoms with Gasteiger partial charge in [0.2, 0.25) is 0 Å². The van der Waals surface area contributed by atoms with Gasteiger partial charge in [0, 0.05) is 6.20 Å². The van der Waals surface area contributed by atoms with Crippen molar-refractivity contribution in [2.24, 2.45) is 5.92 Å². The molecule has 0 amide bonds. The number of ether oxygens (including phenoxy) is 1. The van der Waals surface area contributed by atoms with Crippen LogP contribution in [0.4, 0.5) is 0 Å². The van der Waals surface area contributed by atoms with Crippen molar-refractivity contribution in [3.63, 3.8) is 0 Å². The molecule has 0 aliphatic heterocycles. The van der Waals surface area contributed by atoms with Gasteiger partial charge in [-0.25, -0.2) is 14.8 Å². The summed E-state index contributed by atoms with van der Waals surface area (Å²) in [6.45, 7) is 10.6. The molecule has 0 saturated heterocycles. The molecular weight excluding hydrogens is 272 g/mol. The highest BCUT2D eigenvalue weighted by Crippen LogP contribution is 2.20. The molecule has 4 nitrogen and oxygen atoms in total. The van der Waals surface area contributed by atoms with Gasteiger partial charge in [-0.1, -0.05) is 27.7 Å². The molecule has 0 saturated carbocycles. The molecule has 0 radical (unpaired) electrons. The first kappa shape index (κ1) is 17.0. The topological polar surface area (TPSA) is 52.1 Å². The molecule has 0 unspecified atom stereocenters. The maximum atomic E-state index is 11.9. The number of carbonyl (C=O) groups is 1. The number of hydrogen-bond acceptors (Lipinski definition) is 5. The first-order chi connectivity index (χ1) is 9.45. The second-order valence-corrected chi connectivity index (χ2v) is 6.40. The summed E-state index contributed by atoms with van der Waals surface area (Å²) in [5.74, 6) is 3.14. The molecule has 0 spiro atoms. The van der Waals surface area contributed by atoms with Gasteiger partial charge < -0.3 is 4.74 Å². The van der Waals surface area contributed by atoms with Crippen LogP contribution in [-0.2, 0) is 10.5 Å². The van der Waals surface area contributed by atoms with Crippen molar-refractivity contribution in [1.82, 2.24) is 9.97 Å². The van der Waals surface area contributed by atoms with E-state index in [0.717, 1.165) is 23.0 Å². The van der Waals surface area contributed by atoms with Crippen LogP contribution in [0.15, 0.2) is 6.20 Å². The van der Waals surface area contributed by atoms with Gasteiger partial charge in [0.15, 0.2) is 0 Å². The molecule has 1 heterocycles. The van der Waals surface area contributed by atoms with Crippen molar-refractivity contribution in [3.05, 3.63) is 23.3 Å². The predicted octanol–water partition coefficient (Wildman–Crippen LogP) is 3.67. The van der Waals surface area contributed by atoms with Gasteiger partial charge in [-0.2, -0.15) is 11.8 Å². The second kappa shape index (κ2) is 8.25. The Morgan fingerprint density at radius 2 is 2.05 bits per heavy atom. The number of rotatable bonds is 7. The number of nitrogens with zero attached hydrogens (tertiary/aromatic N) is 2. The van der Waals surface area contributed by atoms with Crippen LogP contribution in [-0.4, -0.2) is 28.3 Å². The van der Waals surface area contributed by atoms with E-state index in [0.29, 0.717) is 18.1 Å². The lowest BCUT2D eigenvalue weighted by molar-refractivity contribution is 0.0523. The van der Waals surface area contributed by atoms with Crippen LogP contribution < -0.4 is 0 Å². The van der Waals surface area contributed by atoms with Gasteiger partial charge in [0.05, 0.1) is 23.6 Å². The van der Waals surface area contributed by atoms with Crippen molar-refractivity contribution in [2.45, 2.75) is 46.3 Å². The maximum absolute atomic E-state index is 11.9. The van der Waals surface area contributed by atoms with Crippen LogP contribution in [0.2, 0.25) is 0 Å². The van der Waals surface area contributed by atoms with Crippen molar-refractivity contribution in [3.8, 4) is 0 Å². The van der Waals surface area contributed by atoms with Gasteiger partial charge >= 0.3 is 5.97 Å². The first-order valence-corrected chi connectivity index (χ1v) is 8.21. The van der Waals surface area contributed by atoms with Crippen LogP contribution in [0.3, 0.4) is 0 Å². The van der Waals surface area contributed by atoms with E-state index in [-0.39, 0.29) is 11.9 Å². The summed E-state index contributed by atoms with van der Waals surface area (Å²) >= 11 is 1.82. The first-order valence-electron chi connectivity index (χ1n) is 7.06. The summed E-state index contributed by atoms with van der Waals surface area (Å²) in [6.07, 6.45) is 1.60. The minimum Gasteiger partial charge on any atom is -0.462 e. The standard InChI is InChI=1S/C15H24N2O2S/c1-6-19-15(18)12-7-16-13(9-20-8-10(2)3)17-14(12)11(4)5/h7,10-11H,6,8-9H2,1-5H3. The number of hydrogen-bond donors (Lipinski definition) is 0. The molecule has 112 valence electrons. The quantitative estimate of drug-likeness (QED) is 0.719. The summed E-state index contributed by atoms with van der Waals surface area (Å²) in [7, 11) is 0. The van der Waals surface area contributed by atoms with Crippen LogP contribution in [0.1, 0.15) is 62.4 Å². The normalized spacial score (nSPS) is 11.2. The zero-order valence-corrected chi connectivity index (χ0v) is 13.8. The molecular formula is C15H24N2O2S. The van der Waals surface area contributed by atoms with Crippen LogP contribution in [0.25, 0.3) is 0 Å². The van der Waals surface area contributed by atoms with Gasteiger partial charge in [-0.05, 0) is 24.5 Å². The Morgan fingerprint density at radius 3 is 2.60 bits per heavy atom. The molecule has 5 heteroatoms. The number of esters is 1. The fourth-order valence-electron chi connectivity index (χ4n) is 1.70. The van der Waals surface area contributed by atoms with Gasteiger partial charge in [-0.3, -0.25) is 0 Å². The average molecular weight is 296 g/mol. The molecule has 0 aliphatic rings. The third-order valence-electron chi connectivity index (χ3n) is 2.59. The summed E-state index contributed by atoms with van der Waals surface area (Å²) < 4.78 is 5.05. The van der Waals surface area contributed by atoms with Gasteiger partial charge in [-0.15, -0.1) is 0 Å². The van der Waals surface area contributed by atoms with Crippen LogP contribution >= 0.6 is 11.8 Å². The molecule has 0 atom stereocenters. The van der Waals surface area contributed by atoms with Gasteiger partial charge in [0.25, 0.3) is 0 Å². The highest BCUT2D eigenvalue weighted by atomic mass is 32.2. The summed E-state index contributed by atoms with van der Waals surface area (Å²) in [6, 6.07) is 0. The minimum absolute atomic E-state index is 0.172. The van der Waals surface area contributed by atoms with Gasteiger partial charge in [0.1, 0.15) is 5.82 Å². The third-order valence-corrected chi connectivity index (χ3v) is 3.96. The largest absolute Gasteiger partial charge is 0.462 e. The van der Waals surface area contributed by atoms with E-state index in [1.165, 1.54) is 0 Å². The van der Waals surface area contributed by atoms with Crippen molar-refractivity contribution in [1.29, 1.82) is 0 Å². The molecule has 1 aromatic rings. The number of thioether (sulfide) groups is 1. The molecule has 0 fully saturated rings. The second-order valence-electron chi connectivity index (χ2n) is 5.37. The Kier molecular flexibility index (Phi) is 6.99. The SMILES string of the molecule is CCOC(=O)c1cnc(CSCC(C)C)nc1C(C)C. The lowest BCUT2D eigenvalue weighted by atomic mass is 10.1. The van der Waals surface area contributed by atoms with Crippen molar-refractivity contribution < 1.29 is 9.53 Å². The van der Waals surface area contributed by atoms with Crippen LogP contribution in [0, 0.1) is 5.92 Å². The molecule has 20 heavy (non-hydrogen) atoms. The lowest BCUT2D eigenvalue weighted by Crippen LogP contribution is -2.13. The summed E-state index contributed by atoms with van der Waals surface area (Å²) in [5.41, 5.74) is 1.26. The zero-order valence-electron chi connectivity index (χ0n) is 13.0. The summed E-state index contributed by atoms with van der Waals surface area (Å²) in [4.78, 5) is 20.7. The molecule has 0 bridgehead atoms. The average Bonchev–Trinajstić information content (AvgIpc) is 2.38. The number of carbonyl (C=O) groups excluding carboxylic acids is 1. The Bertz CT molecular complexity index is 447. The fraction of sp³-hybridized carbons (Fsp3) is 0.667. The molecule has 0 N–H and O–H groups in total. The van der Waals surface area contributed by atoms with Crippen molar-refractivity contribution in [2.75, 3.05) is 12.4 Å². The molecule has 1 aromatic heterocycles. The molecule has 0 aromatic carbocycles. The highest BCUT2D eigenvalue weighted by molar-refractivity contribution is 7.98. The Balaban J connectivity index is 2.86. The smallest absolute Gasteiger partial charge is 0.341 e. The monoisotopic (exact) mass is 296 g/mol. The van der Waals surface area contributed by atoms with Crippen LogP contribution in [0.5, 0.6) is 0 Å². The van der Waals surface area contributed by atoms with E-state index in [2.05, 4.69) is 23.8 Å².